The SMILES string of the molecule is CCNC(COC)c1cc(C)ccn1. The van der Waals surface area contributed by atoms with Crippen LogP contribution in [-0.4, -0.2) is 25.2 Å². The smallest absolute Gasteiger partial charge is 0.0732 e. The quantitative estimate of drug-likeness (QED) is 0.774. The third kappa shape index (κ3) is 3.09. The van der Waals surface area contributed by atoms with Crippen molar-refractivity contribution < 1.29 is 4.74 Å². The molecule has 0 spiro atoms. The zero-order chi connectivity index (χ0) is 10.4. The standard InChI is InChI=1S/C11H18N2O/c1-4-12-11(8-14-3)10-7-9(2)5-6-13-10/h5-7,11-12H,4,8H2,1-3H3. The highest BCUT2D eigenvalue weighted by atomic mass is 16.5. The van der Waals surface area contributed by atoms with Crippen LogP contribution in [-0.2, 0) is 4.74 Å². The van der Waals surface area contributed by atoms with Crippen LogP contribution in [0.15, 0.2) is 18.3 Å². The van der Waals surface area contributed by atoms with E-state index in [1.807, 2.05) is 12.3 Å². The van der Waals surface area contributed by atoms with Crippen molar-refractivity contribution in [2.45, 2.75) is 19.9 Å². The van der Waals surface area contributed by atoms with E-state index >= 15 is 0 Å². The second kappa shape index (κ2) is 5.73. The topological polar surface area (TPSA) is 34.1 Å². The number of rotatable bonds is 5. The van der Waals surface area contributed by atoms with E-state index < -0.39 is 0 Å². The minimum absolute atomic E-state index is 0.199. The van der Waals surface area contributed by atoms with Gasteiger partial charge >= 0.3 is 0 Å². The van der Waals surface area contributed by atoms with Crippen molar-refractivity contribution >= 4 is 0 Å². The van der Waals surface area contributed by atoms with Crippen molar-refractivity contribution in [1.82, 2.24) is 10.3 Å². The molecule has 0 aliphatic heterocycles. The number of nitrogens with one attached hydrogen (secondary N) is 1. The molecule has 0 fully saturated rings. The average molecular weight is 194 g/mol. The normalized spacial score (nSPS) is 12.8. The maximum absolute atomic E-state index is 5.15. The van der Waals surface area contributed by atoms with Gasteiger partial charge in [0, 0.05) is 13.3 Å². The van der Waals surface area contributed by atoms with Crippen LogP contribution in [0.4, 0.5) is 0 Å². The highest BCUT2D eigenvalue weighted by Crippen LogP contribution is 2.11. The Morgan fingerprint density at radius 3 is 2.93 bits per heavy atom. The molecule has 0 amide bonds. The van der Waals surface area contributed by atoms with Gasteiger partial charge in [-0.15, -0.1) is 0 Å². The highest BCUT2D eigenvalue weighted by Gasteiger charge is 2.10. The first kappa shape index (κ1) is 11.1. The summed E-state index contributed by atoms with van der Waals surface area (Å²) in [6.45, 7) is 5.73. The number of pyridine rings is 1. The van der Waals surface area contributed by atoms with E-state index in [1.54, 1.807) is 7.11 Å². The second-order valence-corrected chi connectivity index (χ2v) is 3.32. The molecular formula is C11H18N2O. The van der Waals surface area contributed by atoms with Crippen molar-refractivity contribution in [1.29, 1.82) is 0 Å². The molecule has 0 aliphatic rings. The third-order valence-electron chi connectivity index (χ3n) is 2.08. The summed E-state index contributed by atoms with van der Waals surface area (Å²) in [5.41, 5.74) is 2.28. The summed E-state index contributed by atoms with van der Waals surface area (Å²) < 4.78 is 5.15. The van der Waals surface area contributed by atoms with Crippen LogP contribution in [0.1, 0.15) is 24.2 Å². The van der Waals surface area contributed by atoms with Crippen LogP contribution in [0, 0.1) is 6.92 Å². The maximum Gasteiger partial charge on any atom is 0.0732 e. The van der Waals surface area contributed by atoms with Gasteiger partial charge in [0.25, 0.3) is 0 Å². The number of hydrogen-bond donors (Lipinski definition) is 1. The van der Waals surface area contributed by atoms with E-state index in [4.69, 9.17) is 4.74 Å². The molecule has 1 aromatic rings. The van der Waals surface area contributed by atoms with Crippen molar-refractivity contribution in [2.75, 3.05) is 20.3 Å². The Kier molecular flexibility index (Phi) is 4.56. The van der Waals surface area contributed by atoms with Gasteiger partial charge in [-0.2, -0.15) is 0 Å². The number of hydrogen-bond acceptors (Lipinski definition) is 3. The van der Waals surface area contributed by atoms with Gasteiger partial charge in [-0.3, -0.25) is 4.98 Å². The van der Waals surface area contributed by atoms with E-state index in [0.29, 0.717) is 6.61 Å². The lowest BCUT2D eigenvalue weighted by molar-refractivity contribution is 0.166. The maximum atomic E-state index is 5.15. The van der Waals surface area contributed by atoms with Gasteiger partial charge < -0.3 is 10.1 Å². The fourth-order valence-electron chi connectivity index (χ4n) is 1.41. The Balaban J connectivity index is 2.75. The summed E-state index contributed by atoms with van der Waals surface area (Å²) in [4.78, 5) is 4.33. The van der Waals surface area contributed by atoms with Crippen LogP contribution in [0.5, 0.6) is 0 Å². The largest absolute Gasteiger partial charge is 0.383 e. The molecule has 3 nitrogen and oxygen atoms in total. The van der Waals surface area contributed by atoms with E-state index in [-0.39, 0.29) is 6.04 Å². The minimum atomic E-state index is 0.199. The molecule has 1 atom stereocenters. The van der Waals surface area contributed by atoms with Gasteiger partial charge in [0.1, 0.15) is 0 Å². The molecule has 0 bridgehead atoms. The third-order valence-corrected chi connectivity index (χ3v) is 2.08. The highest BCUT2D eigenvalue weighted by molar-refractivity contribution is 5.17. The van der Waals surface area contributed by atoms with Crippen LogP contribution in [0.25, 0.3) is 0 Å². The fourth-order valence-corrected chi connectivity index (χ4v) is 1.41. The van der Waals surface area contributed by atoms with Gasteiger partial charge in [0.15, 0.2) is 0 Å². The van der Waals surface area contributed by atoms with Crippen LogP contribution < -0.4 is 5.32 Å². The number of nitrogens with zero attached hydrogens (tertiary/aromatic N) is 1. The Morgan fingerprint density at radius 2 is 2.36 bits per heavy atom. The molecule has 1 unspecified atom stereocenters. The van der Waals surface area contributed by atoms with Gasteiger partial charge in [0.05, 0.1) is 18.3 Å². The summed E-state index contributed by atoms with van der Waals surface area (Å²) in [5.74, 6) is 0. The second-order valence-electron chi connectivity index (χ2n) is 3.32. The summed E-state index contributed by atoms with van der Waals surface area (Å²) in [7, 11) is 1.71. The van der Waals surface area contributed by atoms with E-state index in [1.165, 1.54) is 5.56 Å². The molecule has 1 heterocycles. The fraction of sp³-hybridized carbons (Fsp3) is 0.545. The van der Waals surface area contributed by atoms with Crippen LogP contribution in [0.3, 0.4) is 0 Å². The van der Waals surface area contributed by atoms with Crippen molar-refractivity contribution in [3.05, 3.63) is 29.6 Å². The van der Waals surface area contributed by atoms with Gasteiger partial charge in [0.2, 0.25) is 0 Å². The van der Waals surface area contributed by atoms with Crippen molar-refractivity contribution in [3.63, 3.8) is 0 Å². The van der Waals surface area contributed by atoms with E-state index in [9.17, 15) is 0 Å². The molecular weight excluding hydrogens is 176 g/mol. The molecule has 3 heteroatoms. The lowest BCUT2D eigenvalue weighted by Gasteiger charge is -2.16. The summed E-state index contributed by atoms with van der Waals surface area (Å²) in [5, 5.41) is 3.34. The minimum Gasteiger partial charge on any atom is -0.383 e. The molecule has 0 radical (unpaired) electrons. The monoisotopic (exact) mass is 194 g/mol. The number of aryl methyl sites for hydroxylation is 1. The zero-order valence-electron chi connectivity index (χ0n) is 9.08. The number of ether oxygens (including phenoxy) is 1. The van der Waals surface area contributed by atoms with Gasteiger partial charge in [-0.05, 0) is 31.2 Å². The van der Waals surface area contributed by atoms with Crippen molar-refractivity contribution in [2.24, 2.45) is 0 Å². The first-order valence-electron chi connectivity index (χ1n) is 4.92. The Labute approximate surface area is 85.5 Å². The Morgan fingerprint density at radius 1 is 1.57 bits per heavy atom. The lowest BCUT2D eigenvalue weighted by Crippen LogP contribution is -2.25. The molecule has 1 rings (SSSR count). The summed E-state index contributed by atoms with van der Waals surface area (Å²) in [6.07, 6.45) is 1.84. The predicted octanol–water partition coefficient (Wildman–Crippen LogP) is 1.69. The van der Waals surface area contributed by atoms with Crippen molar-refractivity contribution in [3.8, 4) is 0 Å². The van der Waals surface area contributed by atoms with Gasteiger partial charge in [-0.1, -0.05) is 6.92 Å². The number of likely N-dealkylation sites (N-methyl/N-ethyl adjacent to an activating group) is 1. The van der Waals surface area contributed by atoms with Crippen LogP contribution in [0.2, 0.25) is 0 Å². The Hall–Kier alpha value is -0.930. The molecule has 1 aromatic heterocycles. The number of methoxy groups -OCH3 is 1. The van der Waals surface area contributed by atoms with E-state index in [2.05, 4.69) is 30.2 Å². The van der Waals surface area contributed by atoms with Gasteiger partial charge in [-0.25, -0.2) is 0 Å². The van der Waals surface area contributed by atoms with Crippen LogP contribution >= 0.6 is 0 Å². The first-order valence-corrected chi connectivity index (χ1v) is 4.92. The van der Waals surface area contributed by atoms with E-state index in [0.717, 1.165) is 12.2 Å². The molecule has 0 saturated heterocycles. The molecule has 14 heavy (non-hydrogen) atoms. The summed E-state index contributed by atoms with van der Waals surface area (Å²) >= 11 is 0. The molecule has 0 saturated carbocycles. The predicted molar refractivity (Wildman–Crippen MR) is 57.3 cm³/mol. The molecule has 1 N–H and O–H groups in total. The first-order chi connectivity index (χ1) is 6.77. The Bertz CT molecular complexity index is 270. The molecule has 0 aromatic carbocycles. The zero-order valence-corrected chi connectivity index (χ0v) is 9.08. The lowest BCUT2D eigenvalue weighted by atomic mass is 10.1. The summed E-state index contributed by atoms with van der Waals surface area (Å²) in [6, 6.07) is 4.29. The number of aromatic nitrogens is 1. The average Bonchev–Trinajstić information content (AvgIpc) is 2.17. The molecule has 78 valence electrons. The molecule has 0 aliphatic carbocycles.